The van der Waals surface area contributed by atoms with E-state index in [1.165, 1.54) is 55.6 Å². The minimum atomic E-state index is -4.98. The maximum Gasteiger partial charge on any atom is 0.338 e. The van der Waals surface area contributed by atoms with E-state index in [1.54, 1.807) is 24.3 Å². The standard InChI is InChI=1S/C26H23FN2O9S/c1-28-16-20(27)24(37-26(31)19-12-6-3-7-13-19)22(17-36-25(30)18-10-4-2-5-11-18)38-39(34,35)23-15-9-8-14-21(23)29(32)33/h2-16,20,22,24H,17H2,1H3/t20-,22-,24+/m1/s1. The molecule has 39 heavy (non-hydrogen) atoms. The topological polar surface area (TPSA) is 151 Å². The van der Waals surface area contributed by atoms with Gasteiger partial charge in [-0.25, -0.2) is 14.0 Å². The molecule has 3 rings (SSSR count). The van der Waals surface area contributed by atoms with Crippen LogP contribution in [-0.2, 0) is 23.8 Å². The number of nitro benzene ring substituents is 1. The number of nitro groups is 1. The van der Waals surface area contributed by atoms with Crippen LogP contribution in [0.5, 0.6) is 0 Å². The quantitative estimate of drug-likeness (QED) is 0.106. The molecule has 0 amide bonds. The third kappa shape index (κ3) is 7.75. The number of hydrogen-bond donors (Lipinski definition) is 0. The zero-order valence-corrected chi connectivity index (χ0v) is 21.3. The second-order valence-electron chi connectivity index (χ2n) is 7.87. The SMILES string of the molecule is CN=C[C@@H](F)[C@H](OC(=O)c1ccccc1)[C@@H](COC(=O)c1ccccc1)OS(=O)(=O)c1ccccc1[N+](=O)[O-]. The highest BCUT2D eigenvalue weighted by Crippen LogP contribution is 2.27. The monoisotopic (exact) mass is 558 g/mol. The average molecular weight is 559 g/mol. The van der Waals surface area contributed by atoms with E-state index in [0.717, 1.165) is 18.3 Å². The van der Waals surface area contributed by atoms with Crippen molar-refractivity contribution >= 4 is 34.0 Å². The fraction of sp³-hybridized carbons (Fsp3) is 0.192. The van der Waals surface area contributed by atoms with Crippen molar-refractivity contribution in [3.05, 3.63) is 106 Å². The molecule has 0 spiro atoms. The van der Waals surface area contributed by atoms with E-state index in [1.807, 2.05) is 0 Å². The van der Waals surface area contributed by atoms with Crippen molar-refractivity contribution in [1.29, 1.82) is 0 Å². The van der Waals surface area contributed by atoms with E-state index < -0.39 is 62.5 Å². The number of carbonyl (C=O) groups excluding carboxylic acids is 2. The van der Waals surface area contributed by atoms with Gasteiger partial charge in [-0.1, -0.05) is 48.5 Å². The molecule has 0 saturated carbocycles. The number of halogens is 1. The second kappa shape index (κ2) is 13.3. The van der Waals surface area contributed by atoms with E-state index in [2.05, 4.69) is 4.99 Å². The predicted molar refractivity (Wildman–Crippen MR) is 137 cm³/mol. The van der Waals surface area contributed by atoms with Crippen LogP contribution in [0.25, 0.3) is 0 Å². The highest BCUT2D eigenvalue weighted by molar-refractivity contribution is 7.87. The first-order valence-corrected chi connectivity index (χ1v) is 12.8. The molecule has 0 aliphatic carbocycles. The summed E-state index contributed by atoms with van der Waals surface area (Å²) in [7, 11) is -3.74. The van der Waals surface area contributed by atoms with Gasteiger partial charge in [0.1, 0.15) is 6.61 Å². The van der Waals surface area contributed by atoms with E-state index >= 15 is 4.39 Å². The zero-order chi connectivity index (χ0) is 28.4. The Bertz CT molecular complexity index is 1430. The van der Waals surface area contributed by atoms with Crippen LogP contribution in [0.2, 0.25) is 0 Å². The maximum absolute atomic E-state index is 15.3. The molecule has 0 aromatic heterocycles. The van der Waals surface area contributed by atoms with E-state index in [-0.39, 0.29) is 11.1 Å². The summed E-state index contributed by atoms with van der Waals surface area (Å²) >= 11 is 0. The Morgan fingerprint density at radius 1 is 0.949 bits per heavy atom. The summed E-state index contributed by atoms with van der Waals surface area (Å²) in [4.78, 5) is 38.5. The van der Waals surface area contributed by atoms with Gasteiger partial charge in [0.05, 0.1) is 16.1 Å². The molecule has 0 unspecified atom stereocenters. The summed E-state index contributed by atoms with van der Waals surface area (Å²) < 4.78 is 57.2. The number of aliphatic imine (C=N–C) groups is 1. The molecule has 3 aromatic rings. The highest BCUT2D eigenvalue weighted by Gasteiger charge is 2.40. The molecule has 13 heteroatoms. The van der Waals surface area contributed by atoms with Crippen molar-refractivity contribution in [2.24, 2.45) is 4.99 Å². The van der Waals surface area contributed by atoms with Crippen LogP contribution in [-0.4, -0.2) is 63.5 Å². The number of rotatable bonds is 12. The van der Waals surface area contributed by atoms with Gasteiger partial charge >= 0.3 is 22.1 Å². The number of alkyl halides is 1. The number of carbonyl (C=O) groups is 2. The molecular formula is C26H23FN2O9S. The Balaban J connectivity index is 2.00. The van der Waals surface area contributed by atoms with Crippen LogP contribution in [0.3, 0.4) is 0 Å². The molecule has 0 bridgehead atoms. The van der Waals surface area contributed by atoms with Crippen molar-refractivity contribution in [1.82, 2.24) is 0 Å². The maximum atomic E-state index is 15.3. The van der Waals surface area contributed by atoms with Crippen molar-refractivity contribution < 1.29 is 41.0 Å². The number of nitrogens with zero attached hydrogens (tertiary/aromatic N) is 2. The Kier molecular flexibility index (Phi) is 9.95. The summed E-state index contributed by atoms with van der Waals surface area (Å²) in [5.41, 5.74) is -0.686. The Hall–Kier alpha value is -4.49. The molecule has 11 nitrogen and oxygen atoms in total. The first-order valence-electron chi connectivity index (χ1n) is 11.4. The van der Waals surface area contributed by atoms with Crippen molar-refractivity contribution in [3.8, 4) is 0 Å². The third-order valence-electron chi connectivity index (χ3n) is 5.19. The fourth-order valence-electron chi connectivity index (χ4n) is 3.37. The van der Waals surface area contributed by atoms with Crippen LogP contribution in [0.15, 0.2) is 94.8 Å². The van der Waals surface area contributed by atoms with E-state index in [4.69, 9.17) is 13.7 Å². The van der Waals surface area contributed by atoms with Gasteiger partial charge in [-0.05, 0) is 30.3 Å². The fourth-order valence-corrected chi connectivity index (χ4v) is 4.60. The zero-order valence-electron chi connectivity index (χ0n) is 20.5. The summed E-state index contributed by atoms with van der Waals surface area (Å²) in [5.74, 6) is -1.93. The Morgan fingerprint density at radius 2 is 1.49 bits per heavy atom. The first kappa shape index (κ1) is 29.1. The van der Waals surface area contributed by atoms with Gasteiger partial charge in [-0.15, -0.1) is 0 Å². The largest absolute Gasteiger partial charge is 0.459 e. The lowest BCUT2D eigenvalue weighted by atomic mass is 10.1. The molecule has 0 fully saturated rings. The van der Waals surface area contributed by atoms with Gasteiger partial charge in [-0.2, -0.15) is 8.42 Å². The predicted octanol–water partition coefficient (Wildman–Crippen LogP) is 3.79. The van der Waals surface area contributed by atoms with E-state index in [0.29, 0.717) is 0 Å². The minimum absolute atomic E-state index is 0.0183. The lowest BCUT2D eigenvalue weighted by molar-refractivity contribution is -0.387. The molecule has 0 heterocycles. The average Bonchev–Trinajstić information content (AvgIpc) is 2.94. The minimum Gasteiger partial charge on any atom is -0.459 e. The summed E-state index contributed by atoms with van der Waals surface area (Å²) in [5, 5.41) is 11.4. The number of benzene rings is 3. The van der Waals surface area contributed by atoms with Crippen molar-refractivity contribution in [2.75, 3.05) is 13.7 Å². The molecule has 0 aliphatic heterocycles. The van der Waals surface area contributed by atoms with Gasteiger partial charge in [0, 0.05) is 19.3 Å². The van der Waals surface area contributed by atoms with Gasteiger partial charge in [0.25, 0.3) is 5.69 Å². The molecule has 0 saturated heterocycles. The molecule has 3 aromatic carbocycles. The Morgan fingerprint density at radius 3 is 2.05 bits per heavy atom. The van der Waals surface area contributed by atoms with Gasteiger partial charge in [0.15, 0.2) is 23.3 Å². The molecule has 3 atom stereocenters. The number of hydrogen-bond acceptors (Lipinski definition) is 10. The lowest BCUT2D eigenvalue weighted by Gasteiger charge is -2.27. The van der Waals surface area contributed by atoms with Gasteiger partial charge in [-0.3, -0.25) is 19.3 Å². The molecular weight excluding hydrogens is 535 g/mol. The van der Waals surface area contributed by atoms with Gasteiger partial charge < -0.3 is 9.47 Å². The number of para-hydroxylation sites is 1. The van der Waals surface area contributed by atoms with Crippen LogP contribution in [0.4, 0.5) is 10.1 Å². The van der Waals surface area contributed by atoms with E-state index in [9.17, 15) is 28.1 Å². The second-order valence-corrected chi connectivity index (χ2v) is 9.41. The summed E-state index contributed by atoms with van der Waals surface area (Å²) in [6.45, 7) is -0.904. The van der Waals surface area contributed by atoms with Crippen LogP contribution in [0, 0.1) is 10.1 Å². The number of esters is 2. The smallest absolute Gasteiger partial charge is 0.338 e. The molecule has 0 N–H and O–H groups in total. The van der Waals surface area contributed by atoms with Crippen LogP contribution < -0.4 is 0 Å². The molecule has 0 radical (unpaired) electrons. The third-order valence-corrected chi connectivity index (χ3v) is 6.58. The molecule has 0 aliphatic rings. The summed E-state index contributed by atoms with van der Waals surface area (Å²) in [6, 6.07) is 19.4. The first-order chi connectivity index (χ1) is 18.6. The number of ether oxygens (including phenoxy) is 2. The lowest BCUT2D eigenvalue weighted by Crippen LogP contribution is -2.45. The van der Waals surface area contributed by atoms with Gasteiger partial charge in [0.2, 0.25) is 0 Å². The van der Waals surface area contributed by atoms with Crippen LogP contribution >= 0.6 is 0 Å². The molecule has 204 valence electrons. The summed E-state index contributed by atoms with van der Waals surface area (Å²) in [6.07, 6.45) is -5.44. The van der Waals surface area contributed by atoms with Crippen molar-refractivity contribution in [2.45, 2.75) is 23.3 Å². The van der Waals surface area contributed by atoms with Crippen molar-refractivity contribution in [3.63, 3.8) is 0 Å². The Labute approximate surface area is 223 Å². The van der Waals surface area contributed by atoms with Crippen LogP contribution in [0.1, 0.15) is 20.7 Å². The highest BCUT2D eigenvalue weighted by atomic mass is 32.2. The normalized spacial score (nSPS) is 13.8.